The van der Waals surface area contributed by atoms with Gasteiger partial charge in [0.1, 0.15) is 6.04 Å². The van der Waals surface area contributed by atoms with Crippen LogP contribution in [-0.4, -0.2) is 36.5 Å². The molecule has 0 aliphatic carbocycles. The van der Waals surface area contributed by atoms with Gasteiger partial charge in [0, 0.05) is 5.92 Å². The largest absolute Gasteiger partial charge is 0.395 e. The van der Waals surface area contributed by atoms with Gasteiger partial charge in [0.05, 0.1) is 23.6 Å². The maximum Gasteiger partial charge on any atom is 0.244 e. The van der Waals surface area contributed by atoms with Crippen molar-refractivity contribution < 1.29 is 13.5 Å². The third kappa shape index (κ3) is 3.31. The molecule has 152 valence electrons. The quantitative estimate of drug-likeness (QED) is 0.685. The molecule has 30 heavy (non-hydrogen) atoms. The van der Waals surface area contributed by atoms with E-state index in [9.17, 15) is 18.8 Å². The van der Waals surface area contributed by atoms with Crippen molar-refractivity contribution in [1.82, 2.24) is 4.31 Å². The fraction of sp³-hybridized carbons (Fsp3) is 0.208. The summed E-state index contributed by atoms with van der Waals surface area (Å²) in [7, 11) is -3.90. The third-order valence-electron chi connectivity index (χ3n) is 5.73. The zero-order valence-electron chi connectivity index (χ0n) is 16.5. The topological polar surface area (TPSA) is 81.4 Å². The summed E-state index contributed by atoms with van der Waals surface area (Å²) in [5.41, 5.74) is 3.58. The molecule has 5 nitrogen and oxygen atoms in total. The Hall–Kier alpha value is -2.98. The molecule has 0 amide bonds. The second kappa shape index (κ2) is 8.04. The number of benzene rings is 3. The molecule has 1 saturated heterocycles. The van der Waals surface area contributed by atoms with E-state index in [0.717, 1.165) is 21.0 Å². The van der Waals surface area contributed by atoms with Gasteiger partial charge >= 0.3 is 0 Å². The normalized spacial score (nSPS) is 21.6. The Morgan fingerprint density at radius 3 is 2.13 bits per heavy atom. The zero-order valence-corrected chi connectivity index (χ0v) is 17.3. The molecule has 1 heterocycles. The van der Waals surface area contributed by atoms with Crippen LogP contribution in [0.3, 0.4) is 0 Å². The maximum absolute atomic E-state index is 13.3. The standard InChI is InChI=1S/C24H22N2O3S/c1-17-7-5-6-10-23(17)30(28,29)26-21(15-25)24(22(26)16-27)20-13-11-19(12-14-20)18-8-3-2-4-9-18/h2-14,21-22,24,27H,16H2,1H3/t21-,22-,24-/m0/s1. The fourth-order valence-electron chi connectivity index (χ4n) is 4.18. The van der Waals surface area contributed by atoms with Gasteiger partial charge in [-0.05, 0) is 35.2 Å². The summed E-state index contributed by atoms with van der Waals surface area (Å²) in [5, 5.41) is 19.8. The van der Waals surface area contributed by atoms with Crippen molar-refractivity contribution >= 4 is 10.0 Å². The lowest BCUT2D eigenvalue weighted by atomic mass is 9.78. The molecule has 4 rings (SSSR count). The molecule has 0 bridgehead atoms. The Morgan fingerprint density at radius 1 is 0.933 bits per heavy atom. The summed E-state index contributed by atoms with van der Waals surface area (Å²) in [6, 6.07) is 25.0. The molecule has 3 atom stereocenters. The summed E-state index contributed by atoms with van der Waals surface area (Å²) in [6.45, 7) is 1.37. The van der Waals surface area contributed by atoms with Gasteiger partial charge in [0.2, 0.25) is 10.0 Å². The summed E-state index contributed by atoms with van der Waals surface area (Å²) in [6.07, 6.45) is 0. The van der Waals surface area contributed by atoms with Crippen molar-refractivity contribution in [2.24, 2.45) is 0 Å². The first kappa shape index (κ1) is 20.3. The molecule has 0 aromatic heterocycles. The van der Waals surface area contributed by atoms with Crippen molar-refractivity contribution in [1.29, 1.82) is 5.26 Å². The van der Waals surface area contributed by atoms with Gasteiger partial charge in [0.25, 0.3) is 0 Å². The summed E-state index contributed by atoms with van der Waals surface area (Å²) < 4.78 is 27.7. The minimum Gasteiger partial charge on any atom is -0.395 e. The van der Waals surface area contributed by atoms with E-state index in [2.05, 4.69) is 6.07 Å². The molecule has 0 unspecified atom stereocenters. The highest BCUT2D eigenvalue weighted by Gasteiger charge is 2.55. The molecule has 0 spiro atoms. The minimum atomic E-state index is -3.90. The van der Waals surface area contributed by atoms with E-state index in [1.165, 1.54) is 6.07 Å². The van der Waals surface area contributed by atoms with Crippen LogP contribution in [-0.2, 0) is 10.0 Å². The van der Waals surface area contributed by atoms with Crippen LogP contribution in [0.2, 0.25) is 0 Å². The Balaban J connectivity index is 1.66. The lowest BCUT2D eigenvalue weighted by molar-refractivity contribution is 0.0556. The molecule has 6 heteroatoms. The van der Waals surface area contributed by atoms with Crippen LogP contribution >= 0.6 is 0 Å². The van der Waals surface area contributed by atoms with Gasteiger partial charge < -0.3 is 5.11 Å². The number of nitriles is 1. The van der Waals surface area contributed by atoms with Crippen LogP contribution in [0.1, 0.15) is 17.0 Å². The number of hydrogen-bond donors (Lipinski definition) is 1. The average molecular weight is 419 g/mol. The molecule has 0 saturated carbocycles. The van der Waals surface area contributed by atoms with Gasteiger partial charge in [-0.25, -0.2) is 8.42 Å². The molecule has 1 N–H and O–H groups in total. The second-order valence-electron chi connectivity index (χ2n) is 7.44. The SMILES string of the molecule is Cc1ccccc1S(=O)(=O)N1[C@@H](C#N)[C@H](c2ccc(-c3ccccc3)cc2)[C@@H]1CO. The van der Waals surface area contributed by atoms with Gasteiger partial charge in [-0.3, -0.25) is 0 Å². The second-order valence-corrected chi connectivity index (χ2v) is 9.25. The van der Waals surface area contributed by atoms with Gasteiger partial charge in [-0.15, -0.1) is 0 Å². The molecule has 0 radical (unpaired) electrons. The highest BCUT2D eigenvalue weighted by molar-refractivity contribution is 7.89. The number of sulfonamides is 1. The highest BCUT2D eigenvalue weighted by atomic mass is 32.2. The van der Waals surface area contributed by atoms with Crippen molar-refractivity contribution in [2.45, 2.75) is 29.8 Å². The van der Waals surface area contributed by atoms with Crippen LogP contribution in [0.25, 0.3) is 11.1 Å². The van der Waals surface area contributed by atoms with Crippen molar-refractivity contribution in [3.63, 3.8) is 0 Å². The molecule has 1 fully saturated rings. The molecule has 1 aliphatic rings. The predicted octanol–water partition coefficient (Wildman–Crippen LogP) is 3.70. The summed E-state index contributed by atoms with van der Waals surface area (Å²) in [4.78, 5) is 0.168. The first-order valence-corrected chi connectivity index (χ1v) is 11.2. The number of aliphatic hydroxyl groups is 1. The third-order valence-corrected chi connectivity index (χ3v) is 7.79. The maximum atomic E-state index is 13.3. The summed E-state index contributed by atoms with van der Waals surface area (Å²) in [5.74, 6) is -0.386. The first-order chi connectivity index (χ1) is 14.5. The first-order valence-electron chi connectivity index (χ1n) is 9.74. The Morgan fingerprint density at radius 2 is 1.53 bits per heavy atom. The highest BCUT2D eigenvalue weighted by Crippen LogP contribution is 2.44. The van der Waals surface area contributed by atoms with Crippen LogP contribution in [0, 0.1) is 18.3 Å². The molecule has 3 aromatic carbocycles. The Kier molecular flexibility index (Phi) is 5.44. The number of nitrogens with zero attached hydrogens (tertiary/aromatic N) is 2. The van der Waals surface area contributed by atoms with E-state index < -0.39 is 22.1 Å². The Bertz CT molecular complexity index is 1190. The average Bonchev–Trinajstić information content (AvgIpc) is 2.75. The lowest BCUT2D eigenvalue weighted by Crippen LogP contribution is -2.65. The van der Waals surface area contributed by atoms with Crippen molar-refractivity contribution in [3.8, 4) is 17.2 Å². The fourth-order valence-corrected chi connectivity index (χ4v) is 6.17. The number of hydrogen-bond acceptors (Lipinski definition) is 4. The zero-order chi connectivity index (χ0) is 21.3. The van der Waals surface area contributed by atoms with E-state index in [0.29, 0.717) is 5.56 Å². The molecular formula is C24H22N2O3S. The minimum absolute atomic E-state index is 0.168. The predicted molar refractivity (Wildman–Crippen MR) is 115 cm³/mol. The van der Waals surface area contributed by atoms with Gasteiger partial charge in [-0.1, -0.05) is 72.8 Å². The van der Waals surface area contributed by atoms with E-state index in [-0.39, 0.29) is 17.4 Å². The van der Waals surface area contributed by atoms with Gasteiger partial charge in [0.15, 0.2) is 0 Å². The van der Waals surface area contributed by atoms with Crippen molar-refractivity contribution in [3.05, 3.63) is 90.0 Å². The van der Waals surface area contributed by atoms with E-state index in [4.69, 9.17) is 0 Å². The number of aliphatic hydroxyl groups excluding tert-OH is 1. The van der Waals surface area contributed by atoms with Crippen LogP contribution in [0.5, 0.6) is 0 Å². The number of aryl methyl sites for hydroxylation is 1. The molecular weight excluding hydrogens is 396 g/mol. The van der Waals surface area contributed by atoms with Crippen LogP contribution < -0.4 is 0 Å². The van der Waals surface area contributed by atoms with E-state index >= 15 is 0 Å². The van der Waals surface area contributed by atoms with E-state index in [1.807, 2.05) is 54.6 Å². The Labute approximate surface area is 176 Å². The monoisotopic (exact) mass is 418 g/mol. The van der Waals surface area contributed by atoms with Crippen molar-refractivity contribution in [2.75, 3.05) is 6.61 Å². The molecule has 3 aromatic rings. The van der Waals surface area contributed by atoms with Gasteiger partial charge in [-0.2, -0.15) is 9.57 Å². The van der Waals surface area contributed by atoms with E-state index in [1.54, 1.807) is 25.1 Å². The lowest BCUT2D eigenvalue weighted by Gasteiger charge is -2.50. The smallest absolute Gasteiger partial charge is 0.244 e. The summed E-state index contributed by atoms with van der Waals surface area (Å²) >= 11 is 0. The molecule has 1 aliphatic heterocycles. The van der Waals surface area contributed by atoms with Crippen LogP contribution in [0.4, 0.5) is 0 Å². The number of rotatable bonds is 5. The van der Waals surface area contributed by atoms with Crippen LogP contribution in [0.15, 0.2) is 83.8 Å².